The summed E-state index contributed by atoms with van der Waals surface area (Å²) >= 11 is 0. The van der Waals surface area contributed by atoms with E-state index in [1.165, 1.54) is 0 Å². The molecule has 0 aliphatic rings. The summed E-state index contributed by atoms with van der Waals surface area (Å²) in [6.07, 6.45) is 0. The maximum Gasteiger partial charge on any atom is 0.123 e. The second kappa shape index (κ2) is 6.16. The molecule has 0 heterocycles. The number of aliphatic hydroxyl groups excluding tert-OH is 1. The topological polar surface area (TPSA) is 32.7 Å². The molecule has 0 bridgehead atoms. The Labute approximate surface area is 96.7 Å². The largest absolute Gasteiger partial charge is 0.496 e. The molecule has 1 aromatic rings. The van der Waals surface area contributed by atoms with Crippen LogP contribution in [0.15, 0.2) is 18.2 Å². The van der Waals surface area contributed by atoms with Crippen molar-refractivity contribution in [2.45, 2.75) is 6.54 Å². The van der Waals surface area contributed by atoms with Gasteiger partial charge < -0.3 is 14.7 Å². The lowest BCUT2D eigenvalue weighted by Crippen LogP contribution is -2.11. The van der Waals surface area contributed by atoms with Gasteiger partial charge in [-0.25, -0.2) is 0 Å². The van der Waals surface area contributed by atoms with Crippen molar-refractivity contribution >= 4 is 0 Å². The molecule has 0 aliphatic heterocycles. The van der Waals surface area contributed by atoms with Gasteiger partial charge >= 0.3 is 0 Å². The van der Waals surface area contributed by atoms with Crippen LogP contribution in [0.25, 0.3) is 0 Å². The van der Waals surface area contributed by atoms with Gasteiger partial charge in [-0.3, -0.25) is 0 Å². The van der Waals surface area contributed by atoms with Crippen molar-refractivity contribution < 1.29 is 9.84 Å². The summed E-state index contributed by atoms with van der Waals surface area (Å²) in [6, 6.07) is 5.78. The van der Waals surface area contributed by atoms with E-state index in [1.54, 1.807) is 7.11 Å². The fourth-order valence-corrected chi connectivity index (χ4v) is 1.46. The third-order valence-corrected chi connectivity index (χ3v) is 2.08. The molecule has 3 heteroatoms. The Morgan fingerprint density at radius 3 is 2.69 bits per heavy atom. The van der Waals surface area contributed by atoms with Crippen LogP contribution in [0.5, 0.6) is 5.75 Å². The molecule has 0 aliphatic carbocycles. The number of ether oxygens (including phenoxy) is 1. The quantitative estimate of drug-likeness (QED) is 0.773. The number of rotatable bonds is 3. The van der Waals surface area contributed by atoms with Gasteiger partial charge in [0.05, 0.1) is 7.11 Å². The zero-order valence-electron chi connectivity index (χ0n) is 9.95. The molecule has 1 N–H and O–H groups in total. The first-order chi connectivity index (χ1) is 7.67. The minimum atomic E-state index is -0.116. The molecule has 0 spiro atoms. The summed E-state index contributed by atoms with van der Waals surface area (Å²) in [4.78, 5) is 2.07. The molecule has 3 nitrogen and oxygen atoms in total. The van der Waals surface area contributed by atoms with Crippen molar-refractivity contribution in [3.05, 3.63) is 29.3 Å². The monoisotopic (exact) mass is 219 g/mol. The molecular formula is C13H17NO2. The number of hydrogen-bond donors (Lipinski definition) is 1. The van der Waals surface area contributed by atoms with E-state index in [-0.39, 0.29) is 6.61 Å². The van der Waals surface area contributed by atoms with Crippen molar-refractivity contribution in [2.24, 2.45) is 0 Å². The van der Waals surface area contributed by atoms with E-state index in [9.17, 15) is 0 Å². The average Bonchev–Trinajstić information content (AvgIpc) is 2.26. The van der Waals surface area contributed by atoms with Crippen LogP contribution in [-0.2, 0) is 6.54 Å². The van der Waals surface area contributed by atoms with Crippen LogP contribution >= 0.6 is 0 Å². The molecule has 16 heavy (non-hydrogen) atoms. The van der Waals surface area contributed by atoms with Gasteiger partial charge in [0.2, 0.25) is 0 Å². The first kappa shape index (κ1) is 12.6. The Balaban J connectivity index is 3.01. The molecule has 0 radical (unpaired) electrons. The lowest BCUT2D eigenvalue weighted by Gasteiger charge is -2.13. The van der Waals surface area contributed by atoms with Gasteiger partial charge in [0.15, 0.2) is 0 Å². The average molecular weight is 219 g/mol. The molecule has 1 rings (SSSR count). The third-order valence-electron chi connectivity index (χ3n) is 2.08. The summed E-state index contributed by atoms with van der Waals surface area (Å²) in [7, 11) is 5.67. The van der Waals surface area contributed by atoms with Crippen molar-refractivity contribution in [3.8, 4) is 17.6 Å². The number of methoxy groups -OCH3 is 1. The molecule has 0 amide bonds. The zero-order valence-corrected chi connectivity index (χ0v) is 9.95. The Hall–Kier alpha value is -1.50. The molecule has 86 valence electrons. The van der Waals surface area contributed by atoms with Crippen LogP contribution in [0.1, 0.15) is 11.1 Å². The predicted molar refractivity (Wildman–Crippen MR) is 64.3 cm³/mol. The van der Waals surface area contributed by atoms with E-state index >= 15 is 0 Å². The first-order valence-corrected chi connectivity index (χ1v) is 5.08. The third kappa shape index (κ3) is 3.58. The number of nitrogens with zero attached hydrogens (tertiary/aromatic N) is 1. The minimum Gasteiger partial charge on any atom is -0.496 e. The van der Waals surface area contributed by atoms with E-state index in [0.717, 1.165) is 23.4 Å². The summed E-state index contributed by atoms with van der Waals surface area (Å²) in [5, 5.41) is 8.64. The maximum atomic E-state index is 8.64. The molecular weight excluding hydrogens is 202 g/mol. The lowest BCUT2D eigenvalue weighted by atomic mass is 10.1. The highest BCUT2D eigenvalue weighted by Crippen LogP contribution is 2.20. The van der Waals surface area contributed by atoms with Crippen LogP contribution in [0.3, 0.4) is 0 Å². The van der Waals surface area contributed by atoms with E-state index in [1.807, 2.05) is 32.3 Å². The smallest absolute Gasteiger partial charge is 0.123 e. The van der Waals surface area contributed by atoms with E-state index in [4.69, 9.17) is 9.84 Å². The first-order valence-electron chi connectivity index (χ1n) is 5.08. The normalized spacial score (nSPS) is 9.81. The zero-order chi connectivity index (χ0) is 12.0. The fraction of sp³-hybridized carbons (Fsp3) is 0.385. The van der Waals surface area contributed by atoms with Crippen molar-refractivity contribution in [2.75, 3.05) is 27.8 Å². The van der Waals surface area contributed by atoms with Crippen molar-refractivity contribution in [3.63, 3.8) is 0 Å². The van der Waals surface area contributed by atoms with Crippen molar-refractivity contribution in [1.82, 2.24) is 4.90 Å². The van der Waals surface area contributed by atoms with Gasteiger partial charge in [-0.2, -0.15) is 0 Å². The number of aliphatic hydroxyl groups is 1. The maximum absolute atomic E-state index is 8.64. The van der Waals surface area contributed by atoms with Crippen molar-refractivity contribution in [1.29, 1.82) is 0 Å². The van der Waals surface area contributed by atoms with E-state index < -0.39 is 0 Å². The SMILES string of the molecule is COc1ccc(C#CCO)cc1CN(C)C. The summed E-state index contributed by atoms with van der Waals surface area (Å²) in [6.45, 7) is 0.687. The Bertz CT molecular complexity index is 402. The highest BCUT2D eigenvalue weighted by molar-refractivity contribution is 5.44. The van der Waals surface area contributed by atoms with Crippen LogP contribution in [-0.4, -0.2) is 37.8 Å². The molecule has 0 unspecified atom stereocenters. The van der Waals surface area contributed by atoms with E-state index in [0.29, 0.717) is 0 Å². The highest BCUT2D eigenvalue weighted by atomic mass is 16.5. The fourth-order valence-electron chi connectivity index (χ4n) is 1.46. The minimum absolute atomic E-state index is 0.116. The highest BCUT2D eigenvalue weighted by Gasteiger charge is 2.04. The van der Waals surface area contributed by atoms with Crippen LogP contribution in [0, 0.1) is 11.8 Å². The van der Waals surface area contributed by atoms with Gasteiger partial charge in [-0.05, 0) is 32.3 Å². The Kier molecular flexibility index (Phi) is 4.84. The second-order valence-electron chi connectivity index (χ2n) is 3.72. The van der Waals surface area contributed by atoms with Gasteiger partial charge in [-0.15, -0.1) is 0 Å². The van der Waals surface area contributed by atoms with Gasteiger partial charge in [0.25, 0.3) is 0 Å². The van der Waals surface area contributed by atoms with Gasteiger partial charge in [0, 0.05) is 17.7 Å². The second-order valence-corrected chi connectivity index (χ2v) is 3.72. The van der Waals surface area contributed by atoms with Gasteiger partial charge in [0.1, 0.15) is 12.4 Å². The molecule has 0 saturated heterocycles. The molecule has 0 fully saturated rings. The van der Waals surface area contributed by atoms with Crippen LogP contribution in [0.2, 0.25) is 0 Å². The lowest BCUT2D eigenvalue weighted by molar-refractivity contribution is 0.350. The predicted octanol–water partition coefficient (Wildman–Crippen LogP) is 1.10. The summed E-state index contributed by atoms with van der Waals surface area (Å²) in [5.41, 5.74) is 1.99. The molecule has 0 saturated carbocycles. The van der Waals surface area contributed by atoms with Gasteiger partial charge in [-0.1, -0.05) is 11.8 Å². The van der Waals surface area contributed by atoms with E-state index in [2.05, 4.69) is 16.7 Å². The summed E-state index contributed by atoms with van der Waals surface area (Å²) in [5.74, 6) is 6.38. The molecule has 1 aromatic carbocycles. The number of benzene rings is 1. The van der Waals surface area contributed by atoms with Crippen LogP contribution in [0.4, 0.5) is 0 Å². The summed E-state index contributed by atoms with van der Waals surface area (Å²) < 4.78 is 5.28. The number of hydrogen-bond acceptors (Lipinski definition) is 3. The Morgan fingerprint density at radius 1 is 1.38 bits per heavy atom. The van der Waals surface area contributed by atoms with Crippen LogP contribution < -0.4 is 4.74 Å². The standard InChI is InChI=1S/C13H17NO2/c1-14(2)10-12-9-11(5-4-8-15)6-7-13(12)16-3/h6-7,9,15H,8,10H2,1-3H3. The molecule has 0 atom stereocenters. The molecule has 0 aromatic heterocycles. The Morgan fingerprint density at radius 2 is 2.12 bits per heavy atom.